The zero-order valence-electron chi connectivity index (χ0n) is 15.1. The smallest absolute Gasteiger partial charge is 0.224 e. The minimum absolute atomic E-state index is 0.125. The molecule has 1 N–H and O–H groups in total. The Morgan fingerprint density at radius 3 is 2.56 bits per heavy atom. The van der Waals surface area contributed by atoms with Gasteiger partial charge in [-0.15, -0.1) is 0 Å². The number of rotatable bonds is 6. The second kappa shape index (κ2) is 8.25. The van der Waals surface area contributed by atoms with E-state index >= 15 is 0 Å². The van der Waals surface area contributed by atoms with Gasteiger partial charge in [0.2, 0.25) is 5.91 Å². The molecule has 3 heterocycles. The van der Waals surface area contributed by atoms with E-state index in [2.05, 4.69) is 28.8 Å². The summed E-state index contributed by atoms with van der Waals surface area (Å²) in [4.78, 5) is 20.7. The molecule has 0 bridgehead atoms. The molecule has 0 aromatic carbocycles. The van der Waals surface area contributed by atoms with Crippen LogP contribution in [0, 0.1) is 11.8 Å². The summed E-state index contributed by atoms with van der Waals surface area (Å²) in [5.41, 5.74) is 0. The molecule has 1 aromatic rings. The van der Waals surface area contributed by atoms with Gasteiger partial charge in [-0.25, -0.2) is 4.98 Å². The SMILES string of the molecule is C[C@@H]1CN(C[C@H]2CN(C(=O)CCn3cncn3)C[C@H]2CO)C[C@H](C)O1. The van der Waals surface area contributed by atoms with Gasteiger partial charge in [0, 0.05) is 51.7 Å². The van der Waals surface area contributed by atoms with E-state index in [9.17, 15) is 9.90 Å². The van der Waals surface area contributed by atoms with Gasteiger partial charge in [0.15, 0.2) is 0 Å². The second-order valence-corrected chi connectivity index (χ2v) is 7.39. The number of likely N-dealkylation sites (tertiary alicyclic amines) is 1. The highest BCUT2D eigenvalue weighted by molar-refractivity contribution is 5.76. The van der Waals surface area contributed by atoms with Crippen LogP contribution in [-0.4, -0.2) is 87.1 Å². The predicted molar refractivity (Wildman–Crippen MR) is 91.7 cm³/mol. The molecular formula is C17H29N5O3. The zero-order valence-corrected chi connectivity index (χ0v) is 15.1. The number of ether oxygens (including phenoxy) is 1. The van der Waals surface area contributed by atoms with Gasteiger partial charge in [0.05, 0.1) is 18.8 Å². The van der Waals surface area contributed by atoms with E-state index in [-0.39, 0.29) is 30.6 Å². The molecule has 2 aliphatic rings. The van der Waals surface area contributed by atoms with Crippen molar-refractivity contribution in [2.45, 2.75) is 39.0 Å². The fourth-order valence-electron chi connectivity index (χ4n) is 4.04. The number of aliphatic hydroxyl groups excluding tert-OH is 1. The molecule has 2 aliphatic heterocycles. The van der Waals surface area contributed by atoms with Gasteiger partial charge in [-0.1, -0.05) is 0 Å². The lowest BCUT2D eigenvalue weighted by Crippen LogP contribution is -2.48. The summed E-state index contributed by atoms with van der Waals surface area (Å²) in [6.07, 6.45) is 3.98. The summed E-state index contributed by atoms with van der Waals surface area (Å²) in [5.74, 6) is 0.599. The molecule has 25 heavy (non-hydrogen) atoms. The number of hydrogen-bond donors (Lipinski definition) is 1. The van der Waals surface area contributed by atoms with E-state index in [4.69, 9.17) is 4.74 Å². The third-order valence-corrected chi connectivity index (χ3v) is 5.17. The fourth-order valence-corrected chi connectivity index (χ4v) is 4.04. The molecule has 8 nitrogen and oxygen atoms in total. The van der Waals surface area contributed by atoms with Crippen LogP contribution in [-0.2, 0) is 16.1 Å². The minimum Gasteiger partial charge on any atom is -0.396 e. The molecule has 4 atom stereocenters. The van der Waals surface area contributed by atoms with Crippen molar-refractivity contribution in [1.29, 1.82) is 0 Å². The van der Waals surface area contributed by atoms with Crippen LogP contribution in [0.25, 0.3) is 0 Å². The largest absolute Gasteiger partial charge is 0.396 e. The summed E-state index contributed by atoms with van der Waals surface area (Å²) in [5, 5.41) is 13.8. The first-order chi connectivity index (χ1) is 12.0. The van der Waals surface area contributed by atoms with Crippen molar-refractivity contribution in [3.05, 3.63) is 12.7 Å². The van der Waals surface area contributed by atoms with Crippen LogP contribution in [0.4, 0.5) is 0 Å². The number of carbonyl (C=O) groups is 1. The molecule has 2 saturated heterocycles. The second-order valence-electron chi connectivity index (χ2n) is 7.39. The summed E-state index contributed by atoms with van der Waals surface area (Å²) in [7, 11) is 0. The maximum atomic E-state index is 12.5. The van der Waals surface area contributed by atoms with Crippen molar-refractivity contribution >= 4 is 5.91 Å². The van der Waals surface area contributed by atoms with E-state index in [0.717, 1.165) is 26.2 Å². The van der Waals surface area contributed by atoms with Gasteiger partial charge in [-0.3, -0.25) is 14.4 Å². The number of nitrogens with zero attached hydrogens (tertiary/aromatic N) is 5. The Kier molecular flexibility index (Phi) is 6.03. The van der Waals surface area contributed by atoms with Crippen LogP contribution in [0.2, 0.25) is 0 Å². The van der Waals surface area contributed by atoms with Crippen molar-refractivity contribution < 1.29 is 14.6 Å². The predicted octanol–water partition coefficient (Wildman–Crippen LogP) is -0.156. The molecule has 0 aliphatic carbocycles. The van der Waals surface area contributed by atoms with Crippen molar-refractivity contribution in [2.75, 3.05) is 39.3 Å². The van der Waals surface area contributed by atoms with Crippen LogP contribution < -0.4 is 0 Å². The third-order valence-electron chi connectivity index (χ3n) is 5.17. The lowest BCUT2D eigenvalue weighted by molar-refractivity contribution is -0.130. The summed E-state index contributed by atoms with van der Waals surface area (Å²) < 4.78 is 7.46. The third kappa shape index (κ3) is 4.77. The normalized spacial score (nSPS) is 30.8. The summed E-state index contributed by atoms with van der Waals surface area (Å²) in [6, 6.07) is 0. The summed E-state index contributed by atoms with van der Waals surface area (Å²) >= 11 is 0. The zero-order chi connectivity index (χ0) is 17.8. The molecular weight excluding hydrogens is 322 g/mol. The number of aromatic nitrogens is 3. The highest BCUT2D eigenvalue weighted by Crippen LogP contribution is 2.26. The van der Waals surface area contributed by atoms with Crippen LogP contribution >= 0.6 is 0 Å². The van der Waals surface area contributed by atoms with Gasteiger partial charge in [0.25, 0.3) is 0 Å². The quantitative estimate of drug-likeness (QED) is 0.767. The number of morpholine rings is 1. The molecule has 0 radical (unpaired) electrons. The van der Waals surface area contributed by atoms with Crippen molar-refractivity contribution in [3.63, 3.8) is 0 Å². The maximum absolute atomic E-state index is 12.5. The minimum atomic E-state index is 0.125. The number of carbonyl (C=O) groups excluding carboxylic acids is 1. The number of hydrogen-bond acceptors (Lipinski definition) is 6. The Morgan fingerprint density at radius 1 is 1.20 bits per heavy atom. The number of amides is 1. The molecule has 0 unspecified atom stereocenters. The van der Waals surface area contributed by atoms with Gasteiger partial charge >= 0.3 is 0 Å². The average molecular weight is 351 g/mol. The molecule has 1 amide bonds. The molecule has 1 aromatic heterocycles. The van der Waals surface area contributed by atoms with Gasteiger partial charge in [-0.05, 0) is 19.8 Å². The number of aryl methyl sites for hydroxylation is 1. The highest BCUT2D eigenvalue weighted by atomic mass is 16.5. The van der Waals surface area contributed by atoms with Crippen LogP contribution in [0.15, 0.2) is 12.7 Å². The Bertz CT molecular complexity index is 542. The van der Waals surface area contributed by atoms with Crippen LogP contribution in [0.1, 0.15) is 20.3 Å². The Morgan fingerprint density at radius 2 is 1.92 bits per heavy atom. The monoisotopic (exact) mass is 351 g/mol. The van der Waals surface area contributed by atoms with Crippen molar-refractivity contribution in [1.82, 2.24) is 24.6 Å². The van der Waals surface area contributed by atoms with Gasteiger partial charge < -0.3 is 14.7 Å². The maximum Gasteiger partial charge on any atom is 0.224 e. The van der Waals surface area contributed by atoms with Crippen LogP contribution in [0.5, 0.6) is 0 Å². The molecule has 140 valence electrons. The average Bonchev–Trinajstić information content (AvgIpc) is 3.21. The van der Waals surface area contributed by atoms with E-state index < -0.39 is 0 Å². The molecule has 0 spiro atoms. The first-order valence-corrected chi connectivity index (χ1v) is 9.14. The van der Waals surface area contributed by atoms with E-state index in [1.54, 1.807) is 11.0 Å². The van der Waals surface area contributed by atoms with Crippen molar-refractivity contribution in [3.8, 4) is 0 Å². The first kappa shape index (κ1) is 18.3. The molecule has 2 fully saturated rings. The standard InChI is InChI=1S/C17H29N5O3/c1-13-5-20(6-14(2)25-13)7-15-8-21(9-16(15)10-23)17(24)3-4-22-12-18-11-19-22/h11-16,23H,3-10H2,1-2H3/t13-,14+,15-,16-/m0/s1. The lowest BCUT2D eigenvalue weighted by Gasteiger charge is -2.37. The Labute approximate surface area is 148 Å². The summed E-state index contributed by atoms with van der Waals surface area (Å²) in [6.45, 7) is 8.99. The van der Waals surface area contributed by atoms with E-state index in [0.29, 0.717) is 25.4 Å². The fraction of sp³-hybridized carbons (Fsp3) is 0.824. The van der Waals surface area contributed by atoms with Crippen LogP contribution in [0.3, 0.4) is 0 Å². The topological polar surface area (TPSA) is 83.7 Å². The van der Waals surface area contributed by atoms with Gasteiger partial charge in [-0.2, -0.15) is 5.10 Å². The Hall–Kier alpha value is -1.51. The molecule has 8 heteroatoms. The van der Waals surface area contributed by atoms with E-state index in [1.807, 2.05) is 4.90 Å². The van der Waals surface area contributed by atoms with Crippen molar-refractivity contribution in [2.24, 2.45) is 11.8 Å². The number of aliphatic hydroxyl groups is 1. The lowest BCUT2D eigenvalue weighted by atomic mass is 9.96. The van der Waals surface area contributed by atoms with E-state index in [1.165, 1.54) is 6.33 Å². The van der Waals surface area contributed by atoms with Gasteiger partial charge in [0.1, 0.15) is 12.7 Å². The first-order valence-electron chi connectivity index (χ1n) is 9.14. The highest BCUT2D eigenvalue weighted by Gasteiger charge is 2.36. The molecule has 3 rings (SSSR count). The Balaban J connectivity index is 1.51. The molecule has 0 saturated carbocycles.